The lowest BCUT2D eigenvalue weighted by Gasteiger charge is -2.23. The molecule has 0 aliphatic heterocycles. The monoisotopic (exact) mass is 654 g/mol. The van der Waals surface area contributed by atoms with E-state index in [-0.39, 0.29) is 31.1 Å². The molecule has 0 heterocycles. The van der Waals surface area contributed by atoms with Crippen LogP contribution in [0.2, 0.25) is 0 Å². The van der Waals surface area contributed by atoms with E-state index in [1.807, 2.05) is 26.0 Å². The van der Waals surface area contributed by atoms with Crippen molar-refractivity contribution in [2.24, 2.45) is 0 Å². The van der Waals surface area contributed by atoms with Gasteiger partial charge in [0.25, 0.3) is 0 Å². The van der Waals surface area contributed by atoms with Gasteiger partial charge in [-0.25, -0.2) is 16.8 Å². The van der Waals surface area contributed by atoms with Crippen LogP contribution in [0.4, 0.5) is 0 Å². The molecular weight excluding hydrogens is 617 g/mol. The molecule has 0 aromatic heterocycles. The number of sulfone groups is 2. The van der Waals surface area contributed by atoms with Gasteiger partial charge in [0.05, 0.1) is 19.6 Å². The largest absolute Gasteiger partial charge is 0.486 e. The molecule has 1 unspecified atom stereocenters. The van der Waals surface area contributed by atoms with E-state index >= 15 is 0 Å². The number of hydrogen-bond donors (Lipinski definition) is 0. The van der Waals surface area contributed by atoms with E-state index in [0.717, 1.165) is 23.1 Å². The quantitative estimate of drug-likeness (QED) is 0.141. The summed E-state index contributed by atoms with van der Waals surface area (Å²) in [6, 6.07) is 34.1. The number of ether oxygens (including phenoxy) is 2. The summed E-state index contributed by atoms with van der Waals surface area (Å²) in [7, 11) is -7.27. The van der Waals surface area contributed by atoms with E-state index in [1.165, 1.54) is 0 Å². The van der Waals surface area contributed by atoms with Crippen LogP contribution < -0.4 is 9.47 Å². The van der Waals surface area contributed by atoms with E-state index in [0.29, 0.717) is 17.2 Å². The van der Waals surface area contributed by atoms with Gasteiger partial charge in [-0.1, -0.05) is 62.7 Å². The summed E-state index contributed by atoms with van der Waals surface area (Å²) in [6.07, 6.45) is 0.627. The molecule has 0 aliphatic carbocycles. The first-order chi connectivity index (χ1) is 21.8. The van der Waals surface area contributed by atoms with Gasteiger partial charge >= 0.3 is 0 Å². The Morgan fingerprint density at radius 3 is 1.39 bits per heavy atom. The topological polar surface area (TPSA) is 86.7 Å². The smallest absolute Gasteiger partial charge is 0.206 e. The number of aryl methyl sites for hydroxylation is 1. The van der Waals surface area contributed by atoms with Crippen LogP contribution in [0.15, 0.2) is 141 Å². The van der Waals surface area contributed by atoms with Crippen LogP contribution in [0.5, 0.6) is 17.2 Å². The number of rotatable bonds is 11. The molecule has 0 saturated heterocycles. The third kappa shape index (κ3) is 7.19. The van der Waals surface area contributed by atoms with Crippen molar-refractivity contribution in [3.05, 3.63) is 138 Å². The average molecular weight is 655 g/mol. The Hall–Kier alpha value is -4.40. The summed E-state index contributed by atoms with van der Waals surface area (Å²) in [6.45, 7) is 10.2. The molecule has 0 spiro atoms. The van der Waals surface area contributed by atoms with Crippen molar-refractivity contribution in [1.82, 2.24) is 0 Å². The molecule has 5 aromatic rings. The van der Waals surface area contributed by atoms with E-state index in [1.54, 1.807) is 109 Å². The zero-order valence-corrected chi connectivity index (χ0v) is 28.2. The van der Waals surface area contributed by atoms with Gasteiger partial charge < -0.3 is 9.47 Å². The van der Waals surface area contributed by atoms with Crippen molar-refractivity contribution in [2.45, 2.75) is 72.1 Å². The first kappa shape index (κ1) is 33.0. The molecule has 0 aliphatic rings. The molecule has 238 valence electrons. The minimum atomic E-state index is -3.66. The van der Waals surface area contributed by atoms with E-state index in [2.05, 4.69) is 20.8 Å². The first-order valence-electron chi connectivity index (χ1n) is 15.1. The summed E-state index contributed by atoms with van der Waals surface area (Å²) < 4.78 is 64.4. The predicted octanol–water partition coefficient (Wildman–Crippen LogP) is 9.28. The van der Waals surface area contributed by atoms with Gasteiger partial charge in [0.1, 0.15) is 23.4 Å². The zero-order chi connectivity index (χ0) is 33.1. The minimum Gasteiger partial charge on any atom is -0.486 e. The highest BCUT2D eigenvalue weighted by atomic mass is 32.2. The molecule has 46 heavy (non-hydrogen) atoms. The van der Waals surface area contributed by atoms with Gasteiger partial charge in [-0.15, -0.1) is 0 Å². The molecule has 0 fully saturated rings. The van der Waals surface area contributed by atoms with Gasteiger partial charge in [0.15, 0.2) is 0 Å². The van der Waals surface area contributed by atoms with Gasteiger partial charge in [-0.2, -0.15) is 0 Å². The third-order valence-electron chi connectivity index (χ3n) is 8.33. The Labute approximate surface area is 272 Å². The average Bonchev–Trinajstić information content (AvgIpc) is 3.06. The van der Waals surface area contributed by atoms with Crippen LogP contribution in [0.25, 0.3) is 0 Å². The molecule has 0 radical (unpaired) electrons. The maximum absolute atomic E-state index is 13.2. The number of benzene rings is 5. The second-order valence-corrected chi connectivity index (χ2v) is 15.9. The normalized spacial score (nSPS) is 12.8. The Balaban J connectivity index is 1.20. The lowest BCUT2D eigenvalue weighted by Crippen LogP contribution is -2.15. The van der Waals surface area contributed by atoms with Gasteiger partial charge in [-0.3, -0.25) is 0 Å². The predicted molar refractivity (Wildman–Crippen MR) is 180 cm³/mol. The highest BCUT2D eigenvalue weighted by Gasteiger charge is 2.22. The van der Waals surface area contributed by atoms with Crippen molar-refractivity contribution >= 4 is 19.7 Å². The Kier molecular flexibility index (Phi) is 9.42. The van der Waals surface area contributed by atoms with Crippen LogP contribution in [-0.2, 0) is 25.1 Å². The standard InChI is InChI=1S/C38H38O6S2/c1-6-38(4,5)30-11-23-36(24-12-30)46(41,42)37-25-17-33(18-26-37)44-32-15-13-31(14-16-32)43-28(3)29-9-21-35(22-10-29)45(39,40)34-19-7-27(2)8-20-34/h7-26,28H,6H2,1-5H3. The molecule has 1 atom stereocenters. The van der Waals surface area contributed by atoms with E-state index in [9.17, 15) is 16.8 Å². The molecule has 5 rings (SSSR count). The second kappa shape index (κ2) is 13.1. The minimum absolute atomic E-state index is 0.0220. The first-order valence-corrected chi connectivity index (χ1v) is 18.1. The fraction of sp³-hybridized carbons (Fsp3) is 0.211. The summed E-state index contributed by atoms with van der Waals surface area (Å²) in [4.78, 5) is 0.936. The fourth-order valence-corrected chi connectivity index (χ4v) is 7.40. The SMILES string of the molecule is CCC(C)(C)c1ccc(S(=O)(=O)c2ccc(Oc3ccc(OC(C)c4ccc(S(=O)(=O)c5ccc(C)cc5)cc4)cc3)cc2)cc1. The van der Waals surface area contributed by atoms with E-state index in [4.69, 9.17) is 9.47 Å². The maximum Gasteiger partial charge on any atom is 0.206 e. The molecule has 0 N–H and O–H groups in total. The highest BCUT2D eigenvalue weighted by molar-refractivity contribution is 7.91. The Bertz CT molecular complexity index is 2000. The molecule has 5 aromatic carbocycles. The zero-order valence-electron chi connectivity index (χ0n) is 26.6. The molecular formula is C38H38O6S2. The molecule has 0 saturated carbocycles. The summed E-state index contributed by atoms with van der Waals surface area (Å²) in [5.74, 6) is 1.68. The molecule has 8 heteroatoms. The van der Waals surface area contributed by atoms with Gasteiger partial charge in [-0.05, 0) is 122 Å². The van der Waals surface area contributed by atoms with Crippen LogP contribution in [0.1, 0.15) is 56.9 Å². The fourth-order valence-electron chi connectivity index (χ4n) is 4.88. The summed E-state index contributed by atoms with van der Waals surface area (Å²) >= 11 is 0. The summed E-state index contributed by atoms with van der Waals surface area (Å²) in [5, 5.41) is 0. The Morgan fingerprint density at radius 1 is 0.565 bits per heavy atom. The van der Waals surface area contributed by atoms with Crippen molar-refractivity contribution in [1.29, 1.82) is 0 Å². The van der Waals surface area contributed by atoms with Crippen LogP contribution in [0, 0.1) is 6.92 Å². The van der Waals surface area contributed by atoms with Crippen LogP contribution >= 0.6 is 0 Å². The highest BCUT2D eigenvalue weighted by Crippen LogP contribution is 2.31. The van der Waals surface area contributed by atoms with Crippen molar-refractivity contribution in [3.63, 3.8) is 0 Å². The van der Waals surface area contributed by atoms with Crippen molar-refractivity contribution in [3.8, 4) is 17.2 Å². The molecule has 6 nitrogen and oxygen atoms in total. The third-order valence-corrected chi connectivity index (χ3v) is 11.9. The lowest BCUT2D eigenvalue weighted by atomic mass is 9.82. The molecule has 0 amide bonds. The maximum atomic E-state index is 13.2. The van der Waals surface area contributed by atoms with Gasteiger partial charge in [0, 0.05) is 0 Å². The van der Waals surface area contributed by atoms with Crippen molar-refractivity contribution < 1.29 is 26.3 Å². The van der Waals surface area contributed by atoms with Gasteiger partial charge in [0.2, 0.25) is 19.7 Å². The van der Waals surface area contributed by atoms with Crippen molar-refractivity contribution in [2.75, 3.05) is 0 Å². The summed E-state index contributed by atoms with van der Waals surface area (Å²) in [5.41, 5.74) is 2.91. The van der Waals surface area contributed by atoms with Crippen LogP contribution in [-0.4, -0.2) is 16.8 Å². The molecule has 0 bridgehead atoms. The van der Waals surface area contributed by atoms with Crippen LogP contribution in [0.3, 0.4) is 0 Å². The lowest BCUT2D eigenvalue weighted by molar-refractivity contribution is 0.226. The number of hydrogen-bond acceptors (Lipinski definition) is 6. The van der Waals surface area contributed by atoms with E-state index < -0.39 is 19.7 Å². The second-order valence-electron chi connectivity index (χ2n) is 12.0. The Morgan fingerprint density at radius 2 is 0.935 bits per heavy atom.